The van der Waals surface area contributed by atoms with E-state index in [1.54, 1.807) is 13.8 Å². The van der Waals surface area contributed by atoms with E-state index in [0.717, 1.165) is 23.3 Å². The Kier molecular flexibility index (Phi) is 4.82. The van der Waals surface area contributed by atoms with Crippen molar-refractivity contribution in [3.05, 3.63) is 29.3 Å². The predicted octanol–water partition coefficient (Wildman–Crippen LogP) is 2.24. The zero-order chi connectivity index (χ0) is 13.3. The van der Waals surface area contributed by atoms with Gasteiger partial charge in [-0.05, 0) is 31.0 Å². The molecule has 0 bridgehead atoms. The van der Waals surface area contributed by atoms with Crippen LogP contribution in [0.1, 0.15) is 31.0 Å². The first kappa shape index (κ1) is 15.8. The fraction of sp³-hybridized carbons (Fsp3) is 0.500. The van der Waals surface area contributed by atoms with Crippen LogP contribution in [0.2, 0.25) is 0 Å². The van der Waals surface area contributed by atoms with E-state index in [1.807, 2.05) is 18.2 Å². The largest absolute Gasteiger partial charge is 0.493 e. The van der Waals surface area contributed by atoms with Crippen LogP contribution in [0, 0.1) is 5.41 Å². The molecule has 1 aromatic carbocycles. The molecule has 19 heavy (non-hydrogen) atoms. The van der Waals surface area contributed by atoms with E-state index in [9.17, 15) is 4.79 Å². The highest BCUT2D eigenvalue weighted by Gasteiger charge is 2.36. The van der Waals surface area contributed by atoms with Crippen LogP contribution in [0.5, 0.6) is 5.75 Å². The molecule has 0 unspecified atom stereocenters. The number of halogens is 1. The molecular formula is C14H20ClNO3. The molecule has 4 nitrogen and oxygen atoms in total. The SMILES string of the molecule is COC(=O)C(C)(C)[C@H](N)c1ccc2c(c1)CCO2.Cl. The normalized spacial score (nSPS) is 14.9. The van der Waals surface area contributed by atoms with Gasteiger partial charge in [0.15, 0.2) is 0 Å². The summed E-state index contributed by atoms with van der Waals surface area (Å²) in [5.41, 5.74) is 7.55. The number of carbonyl (C=O) groups excluding carboxylic acids is 1. The second kappa shape index (κ2) is 5.80. The number of rotatable bonds is 3. The number of methoxy groups -OCH3 is 1. The van der Waals surface area contributed by atoms with Gasteiger partial charge in [-0.25, -0.2) is 0 Å². The number of fused-ring (bicyclic) bond motifs is 1. The molecule has 0 saturated carbocycles. The maximum Gasteiger partial charge on any atom is 0.313 e. The van der Waals surface area contributed by atoms with Gasteiger partial charge in [0.1, 0.15) is 5.75 Å². The quantitative estimate of drug-likeness (QED) is 0.865. The Hall–Kier alpha value is -1.26. The van der Waals surface area contributed by atoms with Crippen LogP contribution < -0.4 is 10.5 Å². The number of benzene rings is 1. The summed E-state index contributed by atoms with van der Waals surface area (Å²) in [4.78, 5) is 11.8. The van der Waals surface area contributed by atoms with Gasteiger partial charge < -0.3 is 15.2 Å². The summed E-state index contributed by atoms with van der Waals surface area (Å²) in [6.45, 7) is 4.31. The lowest BCUT2D eigenvalue weighted by Crippen LogP contribution is -2.37. The van der Waals surface area contributed by atoms with Gasteiger partial charge >= 0.3 is 5.97 Å². The molecule has 0 radical (unpaired) electrons. The average Bonchev–Trinajstić information content (AvgIpc) is 2.83. The molecule has 0 aromatic heterocycles. The van der Waals surface area contributed by atoms with E-state index in [-0.39, 0.29) is 18.4 Å². The smallest absolute Gasteiger partial charge is 0.313 e. The Morgan fingerprint density at radius 2 is 2.16 bits per heavy atom. The molecule has 1 heterocycles. The van der Waals surface area contributed by atoms with Gasteiger partial charge in [-0.15, -0.1) is 12.4 Å². The Labute approximate surface area is 119 Å². The zero-order valence-corrected chi connectivity index (χ0v) is 12.3. The summed E-state index contributed by atoms with van der Waals surface area (Å²) in [6, 6.07) is 5.47. The molecule has 2 N–H and O–H groups in total. The summed E-state index contributed by atoms with van der Waals surface area (Å²) in [6.07, 6.45) is 0.897. The van der Waals surface area contributed by atoms with Crippen molar-refractivity contribution < 1.29 is 14.3 Å². The van der Waals surface area contributed by atoms with Crippen LogP contribution in [0.4, 0.5) is 0 Å². The van der Waals surface area contributed by atoms with Crippen LogP contribution in [-0.2, 0) is 16.0 Å². The van der Waals surface area contributed by atoms with Crippen molar-refractivity contribution in [3.63, 3.8) is 0 Å². The molecule has 5 heteroatoms. The van der Waals surface area contributed by atoms with E-state index in [1.165, 1.54) is 7.11 Å². The summed E-state index contributed by atoms with van der Waals surface area (Å²) in [5.74, 6) is 0.619. The lowest BCUT2D eigenvalue weighted by molar-refractivity contribution is -0.152. The average molecular weight is 286 g/mol. The standard InChI is InChI=1S/C14H19NO3.ClH/c1-14(2,13(16)17-3)12(15)10-4-5-11-9(8-10)6-7-18-11;/h4-5,8,12H,6-7,15H2,1-3H3;1H/t12-;/m1./s1. The first-order valence-corrected chi connectivity index (χ1v) is 6.06. The van der Waals surface area contributed by atoms with Gasteiger partial charge in [0, 0.05) is 12.5 Å². The van der Waals surface area contributed by atoms with Gasteiger partial charge in [0.25, 0.3) is 0 Å². The van der Waals surface area contributed by atoms with E-state index < -0.39 is 11.5 Å². The molecule has 0 saturated heterocycles. The Balaban J connectivity index is 0.00000180. The van der Waals surface area contributed by atoms with Crippen molar-refractivity contribution in [2.24, 2.45) is 11.1 Å². The predicted molar refractivity (Wildman–Crippen MR) is 75.6 cm³/mol. The van der Waals surface area contributed by atoms with Crippen LogP contribution >= 0.6 is 12.4 Å². The highest BCUT2D eigenvalue weighted by atomic mass is 35.5. The van der Waals surface area contributed by atoms with Crippen LogP contribution in [-0.4, -0.2) is 19.7 Å². The topological polar surface area (TPSA) is 61.5 Å². The lowest BCUT2D eigenvalue weighted by Gasteiger charge is -2.29. The van der Waals surface area contributed by atoms with Gasteiger partial charge in [-0.2, -0.15) is 0 Å². The minimum absolute atomic E-state index is 0. The van der Waals surface area contributed by atoms with Crippen molar-refractivity contribution in [2.75, 3.05) is 13.7 Å². The summed E-state index contributed by atoms with van der Waals surface area (Å²) in [7, 11) is 1.38. The second-order valence-electron chi connectivity index (χ2n) is 5.16. The number of hydrogen-bond acceptors (Lipinski definition) is 4. The summed E-state index contributed by atoms with van der Waals surface area (Å²) < 4.78 is 10.3. The number of carbonyl (C=O) groups is 1. The Bertz CT molecular complexity index is 474. The Morgan fingerprint density at radius 3 is 2.79 bits per heavy atom. The fourth-order valence-electron chi connectivity index (χ4n) is 2.21. The third kappa shape index (κ3) is 2.85. The number of nitrogens with two attached hydrogens (primary N) is 1. The molecular weight excluding hydrogens is 266 g/mol. The van der Waals surface area contributed by atoms with E-state index in [2.05, 4.69) is 0 Å². The van der Waals surface area contributed by atoms with Gasteiger partial charge in [0.2, 0.25) is 0 Å². The highest BCUT2D eigenvalue weighted by Crippen LogP contribution is 2.35. The van der Waals surface area contributed by atoms with Crippen molar-refractivity contribution >= 4 is 18.4 Å². The van der Waals surface area contributed by atoms with Crippen LogP contribution in [0.3, 0.4) is 0 Å². The van der Waals surface area contributed by atoms with Crippen molar-refractivity contribution in [3.8, 4) is 5.75 Å². The van der Waals surface area contributed by atoms with E-state index in [0.29, 0.717) is 6.61 Å². The second-order valence-corrected chi connectivity index (χ2v) is 5.16. The molecule has 0 amide bonds. The number of hydrogen-bond donors (Lipinski definition) is 1. The zero-order valence-electron chi connectivity index (χ0n) is 11.4. The number of ether oxygens (including phenoxy) is 2. The van der Waals surface area contributed by atoms with Crippen LogP contribution in [0.15, 0.2) is 18.2 Å². The minimum atomic E-state index is -0.748. The molecule has 2 rings (SSSR count). The van der Waals surface area contributed by atoms with Crippen molar-refractivity contribution in [2.45, 2.75) is 26.3 Å². The number of esters is 1. The van der Waals surface area contributed by atoms with Gasteiger partial charge in [0.05, 0.1) is 19.1 Å². The lowest BCUT2D eigenvalue weighted by atomic mass is 9.80. The monoisotopic (exact) mass is 285 g/mol. The first-order valence-electron chi connectivity index (χ1n) is 6.06. The molecule has 0 aliphatic carbocycles. The van der Waals surface area contributed by atoms with E-state index >= 15 is 0 Å². The molecule has 1 atom stereocenters. The van der Waals surface area contributed by atoms with Gasteiger partial charge in [-0.1, -0.05) is 12.1 Å². The third-order valence-electron chi connectivity index (χ3n) is 3.56. The summed E-state index contributed by atoms with van der Waals surface area (Å²) in [5, 5.41) is 0. The maximum atomic E-state index is 11.8. The van der Waals surface area contributed by atoms with Crippen molar-refractivity contribution in [1.82, 2.24) is 0 Å². The Morgan fingerprint density at radius 1 is 1.47 bits per heavy atom. The molecule has 1 aliphatic rings. The first-order chi connectivity index (χ1) is 8.46. The fourth-order valence-corrected chi connectivity index (χ4v) is 2.21. The minimum Gasteiger partial charge on any atom is -0.493 e. The third-order valence-corrected chi connectivity index (χ3v) is 3.56. The molecule has 0 spiro atoms. The molecule has 1 aliphatic heterocycles. The van der Waals surface area contributed by atoms with Gasteiger partial charge in [-0.3, -0.25) is 4.79 Å². The van der Waals surface area contributed by atoms with Crippen LogP contribution in [0.25, 0.3) is 0 Å². The maximum absolute atomic E-state index is 11.8. The highest BCUT2D eigenvalue weighted by molar-refractivity contribution is 5.85. The van der Waals surface area contributed by atoms with E-state index in [4.69, 9.17) is 15.2 Å². The molecule has 1 aromatic rings. The van der Waals surface area contributed by atoms with Crippen molar-refractivity contribution in [1.29, 1.82) is 0 Å². The molecule has 0 fully saturated rings. The summed E-state index contributed by atoms with van der Waals surface area (Å²) >= 11 is 0. The molecule has 106 valence electrons.